The Labute approximate surface area is 206 Å². The van der Waals surface area contributed by atoms with Crippen molar-refractivity contribution in [3.63, 3.8) is 0 Å². The predicted octanol–water partition coefficient (Wildman–Crippen LogP) is 4.88. The highest BCUT2D eigenvalue weighted by molar-refractivity contribution is 5.95. The van der Waals surface area contributed by atoms with Gasteiger partial charge in [0.05, 0.1) is 13.2 Å². The van der Waals surface area contributed by atoms with E-state index < -0.39 is 0 Å². The van der Waals surface area contributed by atoms with Crippen LogP contribution in [0.4, 0.5) is 5.69 Å². The molecule has 0 unspecified atom stereocenters. The Kier molecular flexibility index (Phi) is 7.00. The minimum atomic E-state index is 0.0528. The van der Waals surface area contributed by atoms with E-state index in [1.54, 1.807) is 12.4 Å². The fraction of sp³-hybridized carbons (Fsp3) is 0.276. The molecule has 2 aromatic heterocycles. The van der Waals surface area contributed by atoms with Crippen LogP contribution in [0.3, 0.4) is 0 Å². The van der Waals surface area contributed by atoms with Crippen molar-refractivity contribution < 1.29 is 9.53 Å². The summed E-state index contributed by atoms with van der Waals surface area (Å²) in [4.78, 5) is 23.7. The van der Waals surface area contributed by atoms with Crippen molar-refractivity contribution in [3.8, 4) is 0 Å². The van der Waals surface area contributed by atoms with Crippen molar-refractivity contribution >= 4 is 22.4 Å². The molecule has 0 aliphatic carbocycles. The number of nitrogens with one attached hydrogen (secondary N) is 1. The third-order valence-electron chi connectivity index (χ3n) is 6.57. The lowest BCUT2D eigenvalue weighted by Gasteiger charge is -2.24. The van der Waals surface area contributed by atoms with Gasteiger partial charge in [0.15, 0.2) is 0 Å². The molecule has 0 bridgehead atoms. The molecule has 5 rings (SSSR count). The molecule has 4 aromatic rings. The van der Waals surface area contributed by atoms with E-state index in [0.29, 0.717) is 38.4 Å². The molecule has 1 fully saturated rings. The largest absolute Gasteiger partial charge is 0.381 e. The Morgan fingerprint density at radius 2 is 1.86 bits per heavy atom. The fourth-order valence-corrected chi connectivity index (χ4v) is 4.61. The molecule has 0 spiro atoms. The third kappa shape index (κ3) is 5.66. The van der Waals surface area contributed by atoms with Gasteiger partial charge in [-0.15, -0.1) is 0 Å². The SMILES string of the molecule is Cc1ccc(C(=O)N2CCOC[C@H](Cc3ccc4cnccc4c3)C2)cc1NCc1ccncc1. The number of carbonyl (C=O) groups is 1. The van der Waals surface area contributed by atoms with Crippen LogP contribution in [-0.4, -0.2) is 47.1 Å². The molecule has 2 aromatic carbocycles. The van der Waals surface area contributed by atoms with Crippen LogP contribution in [0.2, 0.25) is 0 Å². The maximum atomic E-state index is 13.5. The summed E-state index contributed by atoms with van der Waals surface area (Å²) in [6.07, 6.45) is 8.15. The van der Waals surface area contributed by atoms with E-state index in [4.69, 9.17) is 4.74 Å². The number of aryl methyl sites for hydroxylation is 1. The van der Waals surface area contributed by atoms with Gasteiger partial charge >= 0.3 is 0 Å². The van der Waals surface area contributed by atoms with Crippen LogP contribution in [-0.2, 0) is 17.7 Å². The Morgan fingerprint density at radius 3 is 2.74 bits per heavy atom. The average Bonchev–Trinajstić information content (AvgIpc) is 3.14. The van der Waals surface area contributed by atoms with Crippen LogP contribution in [0.1, 0.15) is 27.0 Å². The number of nitrogens with zero attached hydrogens (tertiary/aromatic N) is 3. The highest BCUT2D eigenvalue weighted by Gasteiger charge is 2.24. The molecular weight excluding hydrogens is 436 g/mol. The summed E-state index contributed by atoms with van der Waals surface area (Å²) in [6.45, 7) is 5.24. The van der Waals surface area contributed by atoms with Crippen LogP contribution in [0.5, 0.6) is 0 Å². The lowest BCUT2D eigenvalue weighted by Crippen LogP contribution is -2.36. The first-order valence-corrected chi connectivity index (χ1v) is 12.1. The quantitative estimate of drug-likeness (QED) is 0.439. The Bertz CT molecular complexity index is 1310. The number of amides is 1. The van der Waals surface area contributed by atoms with Gasteiger partial charge < -0.3 is 15.0 Å². The molecule has 1 aliphatic heterocycles. The van der Waals surface area contributed by atoms with Gasteiger partial charge in [-0.3, -0.25) is 14.8 Å². The van der Waals surface area contributed by atoms with Crippen LogP contribution < -0.4 is 5.32 Å². The van der Waals surface area contributed by atoms with Crippen molar-refractivity contribution in [1.82, 2.24) is 14.9 Å². The zero-order chi connectivity index (χ0) is 24.0. The van der Waals surface area contributed by atoms with Crippen LogP contribution >= 0.6 is 0 Å². The zero-order valence-electron chi connectivity index (χ0n) is 20.0. The molecule has 6 heteroatoms. The minimum Gasteiger partial charge on any atom is -0.381 e. The van der Waals surface area contributed by atoms with Gasteiger partial charge in [0.2, 0.25) is 0 Å². The van der Waals surface area contributed by atoms with E-state index in [9.17, 15) is 4.79 Å². The maximum absolute atomic E-state index is 13.5. The second kappa shape index (κ2) is 10.7. The van der Waals surface area contributed by atoms with Gasteiger partial charge in [-0.05, 0) is 65.8 Å². The average molecular weight is 467 g/mol. The number of aromatic nitrogens is 2. The standard InChI is InChI=1S/C29H30N4O2/c1-21-2-4-26(16-28(21)32-17-22-6-9-30-10-7-22)29(34)33-12-13-35-20-24(19-33)14-23-3-5-27-18-31-11-8-25(27)15-23/h2-11,15-16,18,24,32H,12-14,17,19-20H2,1H3/t24-/m1/s1. The van der Waals surface area contributed by atoms with E-state index in [1.165, 1.54) is 10.9 Å². The van der Waals surface area contributed by atoms with E-state index in [2.05, 4.69) is 40.4 Å². The molecule has 0 saturated carbocycles. The van der Waals surface area contributed by atoms with Crippen molar-refractivity contribution in [2.45, 2.75) is 19.9 Å². The molecule has 1 atom stereocenters. The number of carbonyl (C=O) groups excluding carboxylic acids is 1. The summed E-state index contributed by atoms with van der Waals surface area (Å²) in [5.41, 5.74) is 5.19. The van der Waals surface area contributed by atoms with Gasteiger partial charge in [-0.25, -0.2) is 0 Å². The summed E-state index contributed by atoms with van der Waals surface area (Å²) in [6, 6.07) is 18.4. The summed E-state index contributed by atoms with van der Waals surface area (Å²) < 4.78 is 5.89. The van der Waals surface area contributed by atoms with Gasteiger partial charge in [0.25, 0.3) is 5.91 Å². The Morgan fingerprint density at radius 1 is 1.00 bits per heavy atom. The molecule has 1 amide bonds. The van der Waals surface area contributed by atoms with Crippen molar-refractivity contribution in [2.24, 2.45) is 5.92 Å². The zero-order valence-corrected chi connectivity index (χ0v) is 20.0. The normalized spacial score (nSPS) is 16.1. The summed E-state index contributed by atoms with van der Waals surface area (Å²) in [7, 11) is 0. The third-order valence-corrected chi connectivity index (χ3v) is 6.57. The number of fused-ring (bicyclic) bond motifs is 1. The molecule has 35 heavy (non-hydrogen) atoms. The first-order valence-electron chi connectivity index (χ1n) is 12.1. The predicted molar refractivity (Wildman–Crippen MR) is 138 cm³/mol. The highest BCUT2D eigenvalue weighted by atomic mass is 16.5. The maximum Gasteiger partial charge on any atom is 0.254 e. The molecule has 3 heterocycles. The lowest BCUT2D eigenvalue weighted by atomic mass is 9.97. The number of ether oxygens (including phenoxy) is 1. The second-order valence-corrected chi connectivity index (χ2v) is 9.19. The summed E-state index contributed by atoms with van der Waals surface area (Å²) in [5, 5.41) is 5.79. The van der Waals surface area contributed by atoms with Crippen LogP contribution in [0.15, 0.2) is 79.4 Å². The molecular formula is C29H30N4O2. The molecule has 178 valence electrons. The van der Waals surface area contributed by atoms with E-state index in [0.717, 1.165) is 28.6 Å². The monoisotopic (exact) mass is 466 g/mol. The minimum absolute atomic E-state index is 0.0528. The Balaban J connectivity index is 1.28. The molecule has 0 radical (unpaired) electrons. The van der Waals surface area contributed by atoms with Gasteiger partial charge in [-0.2, -0.15) is 0 Å². The van der Waals surface area contributed by atoms with Crippen LogP contribution in [0.25, 0.3) is 10.8 Å². The topological polar surface area (TPSA) is 67.4 Å². The molecule has 6 nitrogen and oxygen atoms in total. The molecule has 1 N–H and O–H groups in total. The second-order valence-electron chi connectivity index (χ2n) is 9.19. The molecule has 1 saturated heterocycles. The number of pyridine rings is 2. The van der Waals surface area contributed by atoms with Gasteiger partial charge in [0, 0.05) is 67.0 Å². The van der Waals surface area contributed by atoms with E-state index in [1.807, 2.05) is 53.7 Å². The smallest absolute Gasteiger partial charge is 0.254 e. The first kappa shape index (κ1) is 23.0. The summed E-state index contributed by atoms with van der Waals surface area (Å²) in [5.74, 6) is 0.299. The van der Waals surface area contributed by atoms with Gasteiger partial charge in [0.1, 0.15) is 0 Å². The van der Waals surface area contributed by atoms with E-state index in [-0.39, 0.29) is 11.8 Å². The number of hydrogen-bond donors (Lipinski definition) is 1. The molecule has 1 aliphatic rings. The van der Waals surface area contributed by atoms with Crippen LogP contribution in [0, 0.1) is 12.8 Å². The van der Waals surface area contributed by atoms with Crippen molar-refractivity contribution in [3.05, 3.63) is 102 Å². The van der Waals surface area contributed by atoms with Gasteiger partial charge in [-0.1, -0.05) is 24.3 Å². The number of anilines is 1. The summed E-state index contributed by atoms with van der Waals surface area (Å²) >= 11 is 0. The highest BCUT2D eigenvalue weighted by Crippen LogP contribution is 2.22. The fourth-order valence-electron chi connectivity index (χ4n) is 4.61. The number of rotatable bonds is 6. The number of benzene rings is 2. The van der Waals surface area contributed by atoms with Crippen molar-refractivity contribution in [1.29, 1.82) is 0 Å². The Hall–Kier alpha value is -3.77. The lowest BCUT2D eigenvalue weighted by molar-refractivity contribution is 0.0737. The van der Waals surface area contributed by atoms with Crippen molar-refractivity contribution in [2.75, 3.05) is 31.6 Å². The van der Waals surface area contributed by atoms with E-state index >= 15 is 0 Å². The first-order chi connectivity index (χ1) is 17.2. The number of hydrogen-bond acceptors (Lipinski definition) is 5.